The van der Waals surface area contributed by atoms with Gasteiger partial charge in [-0.1, -0.05) is 23.2 Å². The van der Waals surface area contributed by atoms with Crippen LogP contribution >= 0.6 is 35.0 Å². The van der Waals surface area contributed by atoms with Gasteiger partial charge in [-0.2, -0.15) is 0 Å². The van der Waals surface area contributed by atoms with Gasteiger partial charge in [-0.05, 0) is 42.8 Å². The number of fused-ring (bicyclic) bond motifs is 1. The SMILES string of the molecule is O=C(CN1C(=O)S/C(=C\c2coc3c(Cl)cc(Cl)cc3c2=O)C1=O)N1CCCC1. The Morgan fingerprint density at radius 3 is 2.62 bits per heavy atom. The second-order valence-corrected chi connectivity index (χ2v) is 8.48. The van der Waals surface area contributed by atoms with Gasteiger partial charge in [0.15, 0.2) is 11.0 Å². The fourth-order valence-electron chi connectivity index (χ4n) is 3.26. The lowest BCUT2D eigenvalue weighted by Gasteiger charge is -2.18. The normalized spacial score (nSPS) is 18.5. The number of halogens is 2. The van der Waals surface area contributed by atoms with Crippen molar-refractivity contribution in [1.82, 2.24) is 9.80 Å². The molecule has 4 rings (SSSR count). The first-order valence-electron chi connectivity index (χ1n) is 8.79. The fourth-order valence-corrected chi connectivity index (χ4v) is 4.63. The summed E-state index contributed by atoms with van der Waals surface area (Å²) >= 11 is 12.7. The van der Waals surface area contributed by atoms with Crippen LogP contribution in [0.5, 0.6) is 0 Å². The van der Waals surface area contributed by atoms with Gasteiger partial charge < -0.3 is 9.32 Å². The third kappa shape index (κ3) is 3.80. The molecule has 0 saturated carbocycles. The van der Waals surface area contributed by atoms with Gasteiger partial charge in [-0.3, -0.25) is 24.1 Å². The molecule has 2 aliphatic rings. The fraction of sp³-hybridized carbons (Fsp3) is 0.263. The van der Waals surface area contributed by atoms with Gasteiger partial charge in [0, 0.05) is 18.1 Å². The van der Waals surface area contributed by atoms with E-state index in [9.17, 15) is 19.2 Å². The van der Waals surface area contributed by atoms with Crippen molar-refractivity contribution in [2.45, 2.75) is 12.8 Å². The number of amides is 3. The highest BCUT2D eigenvalue weighted by Crippen LogP contribution is 2.33. The molecule has 10 heteroatoms. The van der Waals surface area contributed by atoms with Crippen molar-refractivity contribution >= 4 is 69.1 Å². The lowest BCUT2D eigenvalue weighted by Crippen LogP contribution is -2.40. The zero-order chi connectivity index (χ0) is 20.7. The standard InChI is InChI=1S/C19H14Cl2N2O5S/c20-11-6-12-16(25)10(9-28-17(12)13(21)7-11)5-14-18(26)23(19(27)29-14)8-15(24)22-3-1-2-4-22/h5-7,9H,1-4,8H2/b14-5-. The van der Waals surface area contributed by atoms with Crippen molar-refractivity contribution in [2.75, 3.05) is 19.6 Å². The summed E-state index contributed by atoms with van der Waals surface area (Å²) in [4.78, 5) is 52.5. The Morgan fingerprint density at radius 1 is 1.17 bits per heavy atom. The summed E-state index contributed by atoms with van der Waals surface area (Å²) in [6, 6.07) is 2.88. The Bertz CT molecular complexity index is 1140. The average Bonchev–Trinajstić information content (AvgIpc) is 3.29. The minimum atomic E-state index is -0.615. The summed E-state index contributed by atoms with van der Waals surface area (Å²) in [5.41, 5.74) is -0.176. The number of thioether (sulfide) groups is 1. The van der Waals surface area contributed by atoms with Crippen molar-refractivity contribution in [2.24, 2.45) is 0 Å². The van der Waals surface area contributed by atoms with Crippen molar-refractivity contribution in [1.29, 1.82) is 0 Å². The van der Waals surface area contributed by atoms with Gasteiger partial charge in [0.2, 0.25) is 5.91 Å². The summed E-state index contributed by atoms with van der Waals surface area (Å²) < 4.78 is 5.43. The number of hydrogen-bond acceptors (Lipinski definition) is 6. The van der Waals surface area contributed by atoms with E-state index in [1.165, 1.54) is 24.5 Å². The molecule has 2 fully saturated rings. The van der Waals surface area contributed by atoms with Crippen LogP contribution in [0.1, 0.15) is 18.4 Å². The maximum absolute atomic E-state index is 12.7. The first-order valence-corrected chi connectivity index (χ1v) is 10.4. The van der Waals surface area contributed by atoms with Crippen molar-refractivity contribution < 1.29 is 18.8 Å². The molecule has 0 unspecified atom stereocenters. The zero-order valence-electron chi connectivity index (χ0n) is 14.9. The first-order chi connectivity index (χ1) is 13.8. The van der Waals surface area contributed by atoms with E-state index >= 15 is 0 Å². The highest BCUT2D eigenvalue weighted by atomic mass is 35.5. The van der Waals surface area contributed by atoms with Gasteiger partial charge in [0.05, 0.1) is 20.9 Å². The van der Waals surface area contributed by atoms with Crippen molar-refractivity contribution in [3.63, 3.8) is 0 Å². The molecule has 1 aromatic carbocycles. The zero-order valence-corrected chi connectivity index (χ0v) is 17.3. The summed E-state index contributed by atoms with van der Waals surface area (Å²) in [5, 5.41) is 0.0781. The summed E-state index contributed by atoms with van der Waals surface area (Å²) in [5.74, 6) is -0.878. The minimum absolute atomic E-state index is 0.0454. The van der Waals surface area contributed by atoms with E-state index in [4.69, 9.17) is 27.6 Å². The van der Waals surface area contributed by atoms with E-state index in [0.717, 1.165) is 17.7 Å². The van der Waals surface area contributed by atoms with Crippen LogP contribution in [0.3, 0.4) is 0 Å². The van der Waals surface area contributed by atoms with Gasteiger partial charge in [0.25, 0.3) is 11.1 Å². The van der Waals surface area contributed by atoms with E-state index in [2.05, 4.69) is 0 Å². The molecule has 29 heavy (non-hydrogen) atoms. The average molecular weight is 453 g/mol. The molecule has 2 aromatic rings. The molecule has 0 bridgehead atoms. The van der Waals surface area contributed by atoms with Gasteiger partial charge in [-0.25, -0.2) is 0 Å². The predicted octanol–water partition coefficient (Wildman–Crippen LogP) is 3.76. The van der Waals surface area contributed by atoms with Crippen LogP contribution < -0.4 is 5.43 Å². The van der Waals surface area contributed by atoms with Gasteiger partial charge >= 0.3 is 0 Å². The van der Waals surface area contributed by atoms with Gasteiger partial charge in [0.1, 0.15) is 12.8 Å². The Morgan fingerprint density at radius 2 is 1.90 bits per heavy atom. The van der Waals surface area contributed by atoms with Crippen molar-refractivity contribution in [3.05, 3.63) is 49.1 Å². The van der Waals surface area contributed by atoms with E-state index in [1.807, 2.05) is 0 Å². The molecule has 0 aliphatic carbocycles. The third-order valence-corrected chi connectivity index (χ3v) is 6.14. The van der Waals surface area contributed by atoms with Gasteiger partial charge in [-0.15, -0.1) is 0 Å². The topological polar surface area (TPSA) is 87.9 Å². The van der Waals surface area contributed by atoms with E-state index in [0.29, 0.717) is 24.9 Å². The van der Waals surface area contributed by atoms with Crippen LogP contribution in [0, 0.1) is 0 Å². The van der Waals surface area contributed by atoms with E-state index in [1.54, 1.807) is 4.90 Å². The number of nitrogens with zero attached hydrogens (tertiary/aromatic N) is 2. The summed E-state index contributed by atoms with van der Waals surface area (Å²) in [6.45, 7) is 0.960. The monoisotopic (exact) mass is 452 g/mol. The maximum Gasteiger partial charge on any atom is 0.294 e. The first kappa shape index (κ1) is 20.0. The number of rotatable bonds is 3. The summed E-state index contributed by atoms with van der Waals surface area (Å²) in [6.07, 6.45) is 4.29. The molecule has 1 aromatic heterocycles. The molecule has 7 nitrogen and oxygen atoms in total. The lowest BCUT2D eigenvalue weighted by molar-refractivity contribution is -0.135. The number of carbonyl (C=O) groups is 3. The second kappa shape index (κ2) is 7.85. The maximum atomic E-state index is 12.7. The van der Waals surface area contributed by atoms with Crippen LogP contribution in [-0.2, 0) is 9.59 Å². The Kier molecular flexibility index (Phi) is 5.42. The predicted molar refractivity (Wildman–Crippen MR) is 111 cm³/mol. The molecule has 0 radical (unpaired) electrons. The molecular formula is C19H14Cl2N2O5S. The largest absolute Gasteiger partial charge is 0.462 e. The number of carbonyl (C=O) groups excluding carboxylic acids is 3. The van der Waals surface area contributed by atoms with E-state index < -0.39 is 16.6 Å². The Hall–Kier alpha value is -2.29. The molecule has 3 amide bonds. The Labute approximate surface area is 179 Å². The van der Waals surface area contributed by atoms with E-state index in [-0.39, 0.29) is 43.9 Å². The number of hydrogen-bond donors (Lipinski definition) is 0. The quantitative estimate of drug-likeness (QED) is 0.658. The molecule has 0 N–H and O–H groups in total. The smallest absolute Gasteiger partial charge is 0.294 e. The number of likely N-dealkylation sites (tertiary alicyclic amines) is 1. The molecule has 2 aliphatic heterocycles. The van der Waals surface area contributed by atoms with Crippen molar-refractivity contribution in [3.8, 4) is 0 Å². The molecule has 2 saturated heterocycles. The Balaban J connectivity index is 1.62. The third-order valence-electron chi connectivity index (χ3n) is 4.73. The highest BCUT2D eigenvalue weighted by Gasteiger charge is 2.37. The molecular weight excluding hydrogens is 439 g/mol. The highest BCUT2D eigenvalue weighted by molar-refractivity contribution is 8.18. The van der Waals surface area contributed by atoms with Crippen LogP contribution in [0.15, 0.2) is 32.5 Å². The molecule has 0 spiro atoms. The van der Waals surface area contributed by atoms with Crippen LogP contribution in [0.4, 0.5) is 4.79 Å². The van der Waals surface area contributed by atoms with Crippen LogP contribution in [-0.4, -0.2) is 46.5 Å². The molecule has 0 atom stereocenters. The minimum Gasteiger partial charge on any atom is -0.462 e. The lowest BCUT2D eigenvalue weighted by atomic mass is 10.1. The van der Waals surface area contributed by atoms with Crippen LogP contribution in [0.2, 0.25) is 10.0 Å². The second-order valence-electron chi connectivity index (χ2n) is 6.64. The summed E-state index contributed by atoms with van der Waals surface area (Å²) in [7, 11) is 0. The molecule has 3 heterocycles. The number of benzene rings is 1. The van der Waals surface area contributed by atoms with Crippen LogP contribution in [0.25, 0.3) is 17.0 Å². The molecule has 150 valence electrons. The number of imide groups is 1.